The van der Waals surface area contributed by atoms with Gasteiger partial charge in [0.15, 0.2) is 5.78 Å². The van der Waals surface area contributed by atoms with Gasteiger partial charge in [0, 0.05) is 12.3 Å². The smallest absolute Gasteiger partial charge is 0.154 e. The quantitative estimate of drug-likeness (QED) is 0.741. The van der Waals surface area contributed by atoms with Crippen molar-refractivity contribution in [2.75, 3.05) is 0 Å². The van der Waals surface area contributed by atoms with Crippen LogP contribution in [0.3, 0.4) is 0 Å². The Morgan fingerprint density at radius 2 is 1.45 bits per heavy atom. The number of alkyl halides is 1. The van der Waals surface area contributed by atoms with Gasteiger partial charge in [-0.05, 0) is 24.0 Å². The zero-order chi connectivity index (χ0) is 14.2. The van der Waals surface area contributed by atoms with Crippen LogP contribution in [0.2, 0.25) is 0 Å². The molecule has 1 saturated carbocycles. The average Bonchev–Trinajstić information content (AvgIpc) is 2.71. The Bertz CT molecular complexity index is 604. The summed E-state index contributed by atoms with van der Waals surface area (Å²) in [7, 11) is 0. The van der Waals surface area contributed by atoms with Crippen LogP contribution in [0.15, 0.2) is 60.7 Å². The van der Waals surface area contributed by atoms with E-state index in [0.717, 1.165) is 5.56 Å². The Labute approximate surface area is 124 Å². The molecule has 20 heavy (non-hydrogen) atoms. The molecule has 2 aromatic rings. The predicted octanol–water partition coefficient (Wildman–Crippen LogP) is 4.52. The molecule has 0 heterocycles. The number of rotatable bonds is 2. The monoisotopic (exact) mass is 284 g/mol. The van der Waals surface area contributed by atoms with E-state index in [4.69, 9.17) is 11.6 Å². The largest absolute Gasteiger partial charge is 0.298 e. The van der Waals surface area contributed by atoms with E-state index < -0.39 is 4.87 Å². The van der Waals surface area contributed by atoms with Crippen LogP contribution in [0, 0.1) is 0 Å². The minimum Gasteiger partial charge on any atom is -0.298 e. The van der Waals surface area contributed by atoms with Gasteiger partial charge in [-0.15, -0.1) is 11.6 Å². The van der Waals surface area contributed by atoms with Crippen molar-refractivity contribution in [1.82, 2.24) is 0 Å². The van der Waals surface area contributed by atoms with Gasteiger partial charge in [0.1, 0.15) is 4.87 Å². The van der Waals surface area contributed by atoms with E-state index in [9.17, 15) is 4.79 Å². The van der Waals surface area contributed by atoms with E-state index >= 15 is 0 Å². The molecule has 0 unspecified atom stereocenters. The Morgan fingerprint density at radius 3 is 2.00 bits per heavy atom. The second-order valence-electron chi connectivity index (χ2n) is 5.61. The van der Waals surface area contributed by atoms with Crippen molar-refractivity contribution >= 4 is 17.4 Å². The first-order valence-corrected chi connectivity index (χ1v) is 7.30. The maximum absolute atomic E-state index is 12.3. The fraction of sp³-hybridized carbons (Fsp3) is 0.278. The van der Waals surface area contributed by atoms with Gasteiger partial charge in [-0.25, -0.2) is 0 Å². The molecule has 0 spiro atoms. The minimum absolute atomic E-state index is 0.0280. The predicted molar refractivity (Wildman–Crippen MR) is 82.2 cm³/mol. The minimum atomic E-state index is -0.818. The van der Waals surface area contributed by atoms with E-state index in [1.807, 2.05) is 43.3 Å². The molecule has 0 bridgehead atoms. The molecule has 3 atom stereocenters. The van der Waals surface area contributed by atoms with Crippen molar-refractivity contribution in [1.29, 1.82) is 0 Å². The average molecular weight is 285 g/mol. The standard InChI is InChI=1S/C18H17ClO/c1-18(19)16(20)12-15(13-8-4-2-5-9-13)17(18)14-10-6-3-7-11-14/h2-11,15,17H,12H2,1H3/t15-,17-,18+/m1/s1. The first kappa shape index (κ1) is 13.4. The highest BCUT2D eigenvalue weighted by Gasteiger charge is 2.51. The molecule has 0 N–H and O–H groups in total. The highest BCUT2D eigenvalue weighted by atomic mass is 35.5. The Hall–Kier alpha value is -1.60. The van der Waals surface area contributed by atoms with Crippen LogP contribution in [-0.2, 0) is 4.79 Å². The molecule has 0 amide bonds. The molecule has 0 aromatic heterocycles. The van der Waals surface area contributed by atoms with E-state index in [1.165, 1.54) is 5.56 Å². The van der Waals surface area contributed by atoms with Gasteiger partial charge in [-0.2, -0.15) is 0 Å². The van der Waals surface area contributed by atoms with Gasteiger partial charge >= 0.3 is 0 Å². The highest BCUT2D eigenvalue weighted by molar-refractivity contribution is 6.36. The van der Waals surface area contributed by atoms with Crippen molar-refractivity contribution in [3.63, 3.8) is 0 Å². The van der Waals surface area contributed by atoms with Crippen LogP contribution >= 0.6 is 11.6 Å². The van der Waals surface area contributed by atoms with Crippen molar-refractivity contribution in [2.45, 2.75) is 30.1 Å². The van der Waals surface area contributed by atoms with Crippen LogP contribution in [0.5, 0.6) is 0 Å². The van der Waals surface area contributed by atoms with E-state index in [0.29, 0.717) is 6.42 Å². The molecule has 0 radical (unpaired) electrons. The van der Waals surface area contributed by atoms with Gasteiger partial charge < -0.3 is 0 Å². The third-order valence-corrected chi connectivity index (χ3v) is 4.77. The second kappa shape index (κ2) is 5.06. The fourth-order valence-corrected chi connectivity index (χ4v) is 3.64. The molecule has 0 aliphatic heterocycles. The number of halogens is 1. The Morgan fingerprint density at radius 1 is 0.950 bits per heavy atom. The lowest BCUT2D eigenvalue weighted by Crippen LogP contribution is -2.29. The molecule has 3 rings (SSSR count). The molecule has 1 aliphatic carbocycles. The molecule has 0 saturated heterocycles. The van der Waals surface area contributed by atoms with Crippen molar-refractivity contribution < 1.29 is 4.79 Å². The molecular formula is C18H17ClO. The van der Waals surface area contributed by atoms with Gasteiger partial charge in [-0.1, -0.05) is 60.7 Å². The van der Waals surface area contributed by atoms with Crippen molar-refractivity contribution in [3.05, 3.63) is 71.8 Å². The Balaban J connectivity index is 2.08. The summed E-state index contributed by atoms with van der Waals surface area (Å²) in [5, 5.41) is 0. The van der Waals surface area contributed by atoms with Crippen LogP contribution in [-0.4, -0.2) is 10.7 Å². The Kier molecular flexibility index (Phi) is 3.39. The number of carbonyl (C=O) groups is 1. The molecule has 102 valence electrons. The third kappa shape index (κ3) is 2.16. The first-order valence-electron chi connectivity index (χ1n) is 6.93. The van der Waals surface area contributed by atoms with Crippen molar-refractivity contribution in [3.8, 4) is 0 Å². The summed E-state index contributed by atoms with van der Waals surface area (Å²) in [4.78, 5) is 11.5. The number of carbonyl (C=O) groups excluding carboxylic acids is 1. The van der Waals surface area contributed by atoms with Crippen LogP contribution < -0.4 is 0 Å². The van der Waals surface area contributed by atoms with E-state index in [1.54, 1.807) is 0 Å². The van der Waals surface area contributed by atoms with Gasteiger partial charge in [0.05, 0.1) is 0 Å². The molecular weight excluding hydrogens is 268 g/mol. The summed E-state index contributed by atoms with van der Waals surface area (Å²) >= 11 is 6.61. The SMILES string of the molecule is C[C@]1(Cl)C(=O)C[C@H](c2ccccc2)[C@H]1c1ccccc1. The molecule has 1 aliphatic rings. The lowest BCUT2D eigenvalue weighted by Gasteiger charge is -2.28. The van der Waals surface area contributed by atoms with Gasteiger partial charge in [0.2, 0.25) is 0 Å². The van der Waals surface area contributed by atoms with E-state index in [2.05, 4.69) is 24.3 Å². The number of ketones is 1. The van der Waals surface area contributed by atoms with Gasteiger partial charge in [0.25, 0.3) is 0 Å². The molecule has 2 aromatic carbocycles. The van der Waals surface area contributed by atoms with E-state index in [-0.39, 0.29) is 17.6 Å². The van der Waals surface area contributed by atoms with Crippen LogP contribution in [0.1, 0.15) is 36.3 Å². The summed E-state index contributed by atoms with van der Waals surface area (Å²) in [5.74, 6) is 0.329. The molecule has 2 heteroatoms. The number of Topliss-reactive ketones (excluding diaryl/α,β-unsaturated/α-hetero) is 1. The van der Waals surface area contributed by atoms with Crippen LogP contribution in [0.4, 0.5) is 0 Å². The fourth-order valence-electron chi connectivity index (χ4n) is 3.28. The maximum atomic E-state index is 12.3. The summed E-state index contributed by atoms with van der Waals surface area (Å²) in [5.41, 5.74) is 2.34. The maximum Gasteiger partial charge on any atom is 0.154 e. The summed E-state index contributed by atoms with van der Waals surface area (Å²) < 4.78 is 0. The molecule has 1 nitrogen and oxygen atoms in total. The lowest BCUT2D eigenvalue weighted by molar-refractivity contribution is -0.119. The molecule has 1 fully saturated rings. The highest BCUT2D eigenvalue weighted by Crippen LogP contribution is 2.52. The van der Waals surface area contributed by atoms with Crippen LogP contribution in [0.25, 0.3) is 0 Å². The second-order valence-corrected chi connectivity index (χ2v) is 6.39. The zero-order valence-corrected chi connectivity index (χ0v) is 12.2. The number of benzene rings is 2. The first-order chi connectivity index (χ1) is 9.60. The topological polar surface area (TPSA) is 17.1 Å². The normalized spacial score (nSPS) is 29.6. The summed E-state index contributed by atoms with van der Waals surface area (Å²) in [6.07, 6.45) is 0.517. The summed E-state index contributed by atoms with van der Waals surface area (Å²) in [6, 6.07) is 20.4. The summed E-state index contributed by atoms with van der Waals surface area (Å²) in [6.45, 7) is 1.86. The zero-order valence-electron chi connectivity index (χ0n) is 11.4. The number of hydrogen-bond acceptors (Lipinski definition) is 1. The number of hydrogen-bond donors (Lipinski definition) is 0. The van der Waals surface area contributed by atoms with Crippen molar-refractivity contribution in [2.24, 2.45) is 0 Å². The lowest BCUT2D eigenvalue weighted by atomic mass is 9.80. The third-order valence-electron chi connectivity index (χ3n) is 4.32. The van der Waals surface area contributed by atoms with Gasteiger partial charge in [-0.3, -0.25) is 4.79 Å².